The van der Waals surface area contributed by atoms with Crippen LogP contribution in [0.25, 0.3) is 0 Å². The van der Waals surface area contributed by atoms with Crippen LogP contribution in [0.4, 0.5) is 5.82 Å². The summed E-state index contributed by atoms with van der Waals surface area (Å²) in [5, 5.41) is 0.542. The molecule has 0 radical (unpaired) electrons. The van der Waals surface area contributed by atoms with Gasteiger partial charge in [-0.1, -0.05) is 11.8 Å². The Morgan fingerprint density at radius 2 is 2.35 bits per heavy atom. The first-order valence-electron chi connectivity index (χ1n) is 5.76. The van der Waals surface area contributed by atoms with Gasteiger partial charge in [-0.25, -0.2) is 14.8 Å². The van der Waals surface area contributed by atoms with E-state index in [2.05, 4.69) is 25.9 Å². The van der Waals surface area contributed by atoms with Gasteiger partial charge in [0.05, 0.1) is 10.4 Å². The Labute approximate surface area is 133 Å². The summed E-state index contributed by atoms with van der Waals surface area (Å²) in [4.78, 5) is 21.0. The van der Waals surface area contributed by atoms with Crippen LogP contribution >= 0.6 is 39.0 Å². The topological polar surface area (TPSA) is 78.1 Å². The minimum Gasteiger partial charge on any atom is -0.462 e. The Morgan fingerprint density at radius 3 is 2.95 bits per heavy atom. The summed E-state index contributed by atoms with van der Waals surface area (Å²) in [5.74, 6) is 0.408. The Morgan fingerprint density at radius 1 is 1.55 bits per heavy atom. The number of hydrogen-bond donors (Lipinski definition) is 1. The molecule has 0 aromatic carbocycles. The van der Waals surface area contributed by atoms with Crippen LogP contribution in [0.2, 0.25) is 0 Å². The number of rotatable bonds is 5. The lowest BCUT2D eigenvalue weighted by Crippen LogP contribution is -2.10. The van der Waals surface area contributed by atoms with Gasteiger partial charge in [0.1, 0.15) is 11.4 Å². The molecule has 0 aliphatic heterocycles. The molecule has 0 spiro atoms. The number of hydrogen-bond acceptors (Lipinski definition) is 7. The molecular formula is C12H12BrN3O2S2. The van der Waals surface area contributed by atoms with E-state index < -0.39 is 5.97 Å². The minimum absolute atomic E-state index is 0.147. The molecule has 2 rings (SSSR count). The summed E-state index contributed by atoms with van der Waals surface area (Å²) in [6.07, 6.45) is 1.41. The quantitative estimate of drug-likeness (QED) is 0.491. The largest absolute Gasteiger partial charge is 0.462 e. The lowest BCUT2D eigenvalue weighted by Gasteiger charge is -2.05. The van der Waals surface area contributed by atoms with E-state index in [4.69, 9.17) is 10.5 Å². The second kappa shape index (κ2) is 7.05. The number of ether oxygens (including phenoxy) is 1. The molecule has 20 heavy (non-hydrogen) atoms. The van der Waals surface area contributed by atoms with E-state index in [0.29, 0.717) is 11.8 Å². The number of anilines is 1. The fourth-order valence-electron chi connectivity index (χ4n) is 1.38. The second-order valence-corrected chi connectivity index (χ2v) is 7.16. The number of nitrogen functional groups attached to an aromatic ring is 1. The highest BCUT2D eigenvalue weighted by atomic mass is 79.9. The molecule has 0 fully saturated rings. The lowest BCUT2D eigenvalue weighted by atomic mass is 10.3. The van der Waals surface area contributed by atoms with Crippen molar-refractivity contribution in [1.82, 2.24) is 9.97 Å². The molecule has 0 aliphatic carbocycles. The van der Waals surface area contributed by atoms with Crippen molar-refractivity contribution in [1.29, 1.82) is 0 Å². The molecule has 0 aliphatic rings. The monoisotopic (exact) mass is 373 g/mol. The number of esters is 1. The van der Waals surface area contributed by atoms with Crippen molar-refractivity contribution in [2.24, 2.45) is 0 Å². The number of thiophene rings is 1. The van der Waals surface area contributed by atoms with Crippen LogP contribution in [0.1, 0.15) is 22.2 Å². The predicted octanol–water partition coefficient (Wildman–Crippen LogP) is 3.35. The molecule has 0 saturated heterocycles. The van der Waals surface area contributed by atoms with Crippen molar-refractivity contribution in [2.75, 3.05) is 12.3 Å². The van der Waals surface area contributed by atoms with Gasteiger partial charge in [-0.05, 0) is 35.0 Å². The van der Waals surface area contributed by atoms with Crippen LogP contribution in [-0.2, 0) is 10.5 Å². The maximum absolute atomic E-state index is 11.6. The molecule has 0 amide bonds. The van der Waals surface area contributed by atoms with Gasteiger partial charge in [0.25, 0.3) is 0 Å². The SMILES string of the molecule is CCOC(=O)c1cnc(SCc2ccc(Br)s2)nc1N. The summed E-state index contributed by atoms with van der Waals surface area (Å²) >= 11 is 6.55. The number of nitrogens with zero attached hydrogens (tertiary/aromatic N) is 2. The molecular weight excluding hydrogens is 362 g/mol. The van der Waals surface area contributed by atoms with Crippen molar-refractivity contribution in [3.05, 3.63) is 32.6 Å². The molecule has 0 saturated carbocycles. The molecule has 0 bridgehead atoms. The third-order valence-corrected chi connectivity index (χ3v) is 4.98. The molecule has 0 unspecified atom stereocenters. The zero-order valence-corrected chi connectivity index (χ0v) is 13.8. The number of halogens is 1. The van der Waals surface area contributed by atoms with Gasteiger partial charge in [-0.2, -0.15) is 0 Å². The molecule has 5 nitrogen and oxygen atoms in total. The van der Waals surface area contributed by atoms with Gasteiger partial charge in [0.15, 0.2) is 5.16 Å². The van der Waals surface area contributed by atoms with Gasteiger partial charge < -0.3 is 10.5 Å². The summed E-state index contributed by atoms with van der Waals surface area (Å²) in [5.41, 5.74) is 5.96. The Bertz CT molecular complexity index is 618. The van der Waals surface area contributed by atoms with E-state index in [9.17, 15) is 4.79 Å². The Balaban J connectivity index is 2.03. The molecule has 2 heterocycles. The van der Waals surface area contributed by atoms with E-state index in [0.717, 1.165) is 9.54 Å². The minimum atomic E-state index is -0.497. The van der Waals surface area contributed by atoms with E-state index in [1.807, 2.05) is 12.1 Å². The summed E-state index contributed by atoms with van der Waals surface area (Å²) in [6.45, 7) is 2.03. The maximum Gasteiger partial charge on any atom is 0.343 e. The van der Waals surface area contributed by atoms with E-state index in [1.54, 1.807) is 18.3 Å². The second-order valence-electron chi connectivity index (χ2n) is 3.67. The third kappa shape index (κ3) is 3.94. The zero-order valence-electron chi connectivity index (χ0n) is 10.6. The highest BCUT2D eigenvalue weighted by Gasteiger charge is 2.13. The molecule has 0 atom stereocenters. The number of thioether (sulfide) groups is 1. The lowest BCUT2D eigenvalue weighted by molar-refractivity contribution is 0.0526. The van der Waals surface area contributed by atoms with Crippen molar-refractivity contribution in [2.45, 2.75) is 17.8 Å². The highest BCUT2D eigenvalue weighted by Crippen LogP contribution is 2.28. The van der Waals surface area contributed by atoms with E-state index in [-0.39, 0.29) is 11.4 Å². The fourth-order valence-corrected chi connectivity index (χ4v) is 3.73. The summed E-state index contributed by atoms with van der Waals surface area (Å²) in [7, 11) is 0. The van der Waals surface area contributed by atoms with Crippen LogP contribution in [-0.4, -0.2) is 22.5 Å². The van der Waals surface area contributed by atoms with Crippen molar-refractivity contribution < 1.29 is 9.53 Å². The normalized spacial score (nSPS) is 10.5. The first kappa shape index (κ1) is 15.3. The molecule has 2 N–H and O–H groups in total. The summed E-state index contributed by atoms with van der Waals surface area (Å²) in [6, 6.07) is 4.04. The van der Waals surface area contributed by atoms with Gasteiger partial charge in [-0.3, -0.25) is 0 Å². The molecule has 106 valence electrons. The van der Waals surface area contributed by atoms with Gasteiger partial charge in [0, 0.05) is 16.8 Å². The van der Waals surface area contributed by atoms with Crippen molar-refractivity contribution >= 4 is 50.8 Å². The van der Waals surface area contributed by atoms with Crippen LogP contribution in [0.3, 0.4) is 0 Å². The zero-order chi connectivity index (χ0) is 14.5. The predicted molar refractivity (Wildman–Crippen MR) is 84.0 cm³/mol. The van der Waals surface area contributed by atoms with Crippen LogP contribution in [0.15, 0.2) is 27.3 Å². The Kier molecular flexibility index (Phi) is 5.38. The number of carbonyl (C=O) groups excluding carboxylic acids is 1. The maximum atomic E-state index is 11.6. The van der Waals surface area contributed by atoms with Crippen molar-refractivity contribution in [3.8, 4) is 0 Å². The van der Waals surface area contributed by atoms with E-state index >= 15 is 0 Å². The number of aromatic nitrogens is 2. The summed E-state index contributed by atoms with van der Waals surface area (Å²) < 4.78 is 5.96. The molecule has 8 heteroatoms. The standard InChI is InChI=1S/C12H12BrN3O2S2/c1-2-18-11(17)8-5-15-12(16-10(8)14)19-6-7-3-4-9(13)20-7/h3-5H,2,6H2,1H3,(H2,14,15,16). The van der Waals surface area contributed by atoms with Gasteiger partial charge >= 0.3 is 5.97 Å². The third-order valence-electron chi connectivity index (χ3n) is 2.26. The first-order chi connectivity index (χ1) is 9.60. The highest BCUT2D eigenvalue weighted by molar-refractivity contribution is 9.11. The van der Waals surface area contributed by atoms with Crippen LogP contribution in [0, 0.1) is 0 Å². The van der Waals surface area contributed by atoms with E-state index in [1.165, 1.54) is 22.8 Å². The smallest absolute Gasteiger partial charge is 0.343 e. The Hall–Kier alpha value is -1.12. The average Bonchev–Trinajstić information content (AvgIpc) is 2.82. The van der Waals surface area contributed by atoms with Crippen LogP contribution in [0.5, 0.6) is 0 Å². The molecule has 2 aromatic rings. The number of nitrogens with two attached hydrogens (primary N) is 1. The van der Waals surface area contributed by atoms with Crippen LogP contribution < -0.4 is 5.73 Å². The van der Waals surface area contributed by atoms with Gasteiger partial charge in [0.2, 0.25) is 0 Å². The number of carbonyl (C=O) groups is 1. The fraction of sp³-hybridized carbons (Fsp3) is 0.250. The molecule has 2 aromatic heterocycles. The average molecular weight is 374 g/mol. The first-order valence-corrected chi connectivity index (χ1v) is 8.36. The van der Waals surface area contributed by atoms with Crippen molar-refractivity contribution in [3.63, 3.8) is 0 Å². The van der Waals surface area contributed by atoms with Gasteiger partial charge in [-0.15, -0.1) is 11.3 Å².